The van der Waals surface area contributed by atoms with Crippen LogP contribution in [0.1, 0.15) is 12.0 Å². The maximum atomic E-state index is 8.71. The summed E-state index contributed by atoms with van der Waals surface area (Å²) < 4.78 is 0. The van der Waals surface area contributed by atoms with Crippen molar-refractivity contribution in [1.29, 1.82) is 0 Å². The largest absolute Gasteiger partial charge is 0.396 e. The third-order valence-corrected chi connectivity index (χ3v) is 2.47. The minimum atomic E-state index is 0.183. The van der Waals surface area contributed by atoms with Gasteiger partial charge < -0.3 is 5.11 Å². The molecule has 0 saturated heterocycles. The van der Waals surface area contributed by atoms with Crippen LogP contribution in [0.3, 0.4) is 0 Å². The maximum Gasteiger partial charge on any atom is 0.0465 e. The van der Waals surface area contributed by atoms with Crippen LogP contribution in [0, 0.1) is 0 Å². The molecule has 86 valence electrons. The first kappa shape index (κ1) is 11.6. The number of hydrogen-bond acceptors (Lipinski definition) is 2. The number of hydrogen-bond donors (Lipinski definition) is 1. The highest BCUT2D eigenvalue weighted by Crippen LogP contribution is 2.19. The Bertz CT molecular complexity index is 491. The van der Waals surface area contributed by atoms with Gasteiger partial charge in [0.05, 0.1) is 0 Å². The molecular weight excluding hydrogens is 210 g/mol. The molecular formula is C15H15NO. The van der Waals surface area contributed by atoms with Gasteiger partial charge in [-0.25, -0.2) is 0 Å². The minimum absolute atomic E-state index is 0.183. The lowest BCUT2D eigenvalue weighted by atomic mass is 10.1. The summed E-state index contributed by atoms with van der Waals surface area (Å²) in [6, 6.07) is 12.3. The van der Waals surface area contributed by atoms with E-state index in [1.54, 1.807) is 0 Å². The van der Waals surface area contributed by atoms with Crippen molar-refractivity contribution in [2.24, 2.45) is 0 Å². The Hall–Kier alpha value is -1.93. The molecule has 1 aromatic heterocycles. The predicted molar refractivity (Wildman–Crippen MR) is 70.4 cm³/mol. The number of benzene rings is 1. The van der Waals surface area contributed by atoms with Crippen molar-refractivity contribution in [3.8, 4) is 11.1 Å². The molecule has 0 saturated carbocycles. The lowest BCUT2D eigenvalue weighted by Crippen LogP contribution is -1.82. The minimum Gasteiger partial charge on any atom is -0.396 e. The molecule has 1 heterocycles. The number of aliphatic hydroxyl groups is 1. The van der Waals surface area contributed by atoms with Gasteiger partial charge >= 0.3 is 0 Å². The Balaban J connectivity index is 2.23. The van der Waals surface area contributed by atoms with Crippen LogP contribution in [-0.2, 0) is 0 Å². The molecule has 2 aromatic rings. The Labute approximate surface area is 101 Å². The molecule has 0 spiro atoms. The highest BCUT2D eigenvalue weighted by molar-refractivity contribution is 5.65. The highest BCUT2D eigenvalue weighted by Gasteiger charge is 1.97. The Kier molecular flexibility index (Phi) is 4.05. The van der Waals surface area contributed by atoms with Crippen molar-refractivity contribution in [3.63, 3.8) is 0 Å². The summed E-state index contributed by atoms with van der Waals surface area (Å²) in [5.74, 6) is 0. The van der Waals surface area contributed by atoms with Crippen LogP contribution in [-0.4, -0.2) is 16.7 Å². The zero-order valence-electron chi connectivity index (χ0n) is 9.58. The lowest BCUT2D eigenvalue weighted by molar-refractivity contribution is 0.303. The fourth-order valence-electron chi connectivity index (χ4n) is 1.63. The quantitative estimate of drug-likeness (QED) is 0.867. The summed E-state index contributed by atoms with van der Waals surface area (Å²) in [7, 11) is 0. The summed E-state index contributed by atoms with van der Waals surface area (Å²) in [6.07, 6.45) is 8.29. The van der Waals surface area contributed by atoms with E-state index in [1.165, 1.54) is 0 Å². The second-order valence-electron chi connectivity index (χ2n) is 3.79. The zero-order valence-corrected chi connectivity index (χ0v) is 9.58. The maximum absolute atomic E-state index is 8.71. The fourth-order valence-corrected chi connectivity index (χ4v) is 1.63. The van der Waals surface area contributed by atoms with E-state index < -0.39 is 0 Å². The molecule has 2 rings (SSSR count). The van der Waals surface area contributed by atoms with Crippen LogP contribution in [0.25, 0.3) is 17.2 Å². The van der Waals surface area contributed by atoms with Gasteiger partial charge in [-0.05, 0) is 23.6 Å². The van der Waals surface area contributed by atoms with E-state index in [0.29, 0.717) is 6.42 Å². The van der Waals surface area contributed by atoms with E-state index in [-0.39, 0.29) is 6.61 Å². The number of aliphatic hydroxyl groups excluding tert-OH is 1. The van der Waals surface area contributed by atoms with E-state index in [4.69, 9.17) is 5.11 Å². The van der Waals surface area contributed by atoms with Crippen molar-refractivity contribution in [2.45, 2.75) is 6.42 Å². The van der Waals surface area contributed by atoms with Crippen molar-refractivity contribution in [2.75, 3.05) is 6.61 Å². The van der Waals surface area contributed by atoms with Gasteiger partial charge in [-0.2, -0.15) is 0 Å². The number of rotatable bonds is 4. The van der Waals surface area contributed by atoms with Gasteiger partial charge in [-0.1, -0.05) is 42.5 Å². The topological polar surface area (TPSA) is 33.1 Å². The first-order valence-electron chi connectivity index (χ1n) is 5.68. The molecule has 0 amide bonds. The summed E-state index contributed by atoms with van der Waals surface area (Å²) >= 11 is 0. The molecule has 1 aromatic carbocycles. The molecule has 17 heavy (non-hydrogen) atoms. The van der Waals surface area contributed by atoms with Crippen LogP contribution in [0.2, 0.25) is 0 Å². The first-order valence-corrected chi connectivity index (χ1v) is 5.68. The van der Waals surface area contributed by atoms with Crippen LogP contribution in [0.15, 0.2) is 54.9 Å². The number of nitrogens with zero attached hydrogens (tertiary/aromatic N) is 1. The SMILES string of the molecule is OCC/C=C/c1cncc(-c2ccccc2)c1. The number of pyridine rings is 1. The molecule has 0 aliphatic carbocycles. The summed E-state index contributed by atoms with van der Waals surface area (Å²) in [5, 5.41) is 8.71. The Morgan fingerprint density at radius 1 is 1.06 bits per heavy atom. The predicted octanol–water partition coefficient (Wildman–Crippen LogP) is 3.14. The second-order valence-corrected chi connectivity index (χ2v) is 3.79. The smallest absolute Gasteiger partial charge is 0.0465 e. The normalized spacial score (nSPS) is 10.9. The molecule has 0 aliphatic heterocycles. The monoisotopic (exact) mass is 225 g/mol. The van der Waals surface area contributed by atoms with Crippen LogP contribution >= 0.6 is 0 Å². The Morgan fingerprint density at radius 2 is 1.88 bits per heavy atom. The van der Waals surface area contributed by atoms with Crippen LogP contribution in [0.5, 0.6) is 0 Å². The average Bonchev–Trinajstić information content (AvgIpc) is 2.41. The van der Waals surface area contributed by atoms with E-state index in [1.807, 2.05) is 42.7 Å². The van der Waals surface area contributed by atoms with Crippen molar-refractivity contribution >= 4 is 6.08 Å². The first-order chi connectivity index (χ1) is 8.40. The van der Waals surface area contributed by atoms with E-state index in [9.17, 15) is 0 Å². The molecule has 2 heteroatoms. The molecule has 0 radical (unpaired) electrons. The van der Waals surface area contributed by atoms with Gasteiger partial charge in [0.25, 0.3) is 0 Å². The summed E-state index contributed by atoms with van der Waals surface area (Å²) in [6.45, 7) is 0.183. The lowest BCUT2D eigenvalue weighted by Gasteiger charge is -2.01. The fraction of sp³-hybridized carbons (Fsp3) is 0.133. The van der Waals surface area contributed by atoms with E-state index in [2.05, 4.69) is 23.2 Å². The van der Waals surface area contributed by atoms with E-state index >= 15 is 0 Å². The highest BCUT2D eigenvalue weighted by atomic mass is 16.2. The van der Waals surface area contributed by atoms with Gasteiger partial charge in [0.15, 0.2) is 0 Å². The third-order valence-electron chi connectivity index (χ3n) is 2.47. The Morgan fingerprint density at radius 3 is 2.65 bits per heavy atom. The standard InChI is InChI=1S/C15H15NO/c17-9-5-4-6-13-10-15(12-16-11-13)14-7-2-1-3-8-14/h1-4,6-8,10-12,17H,5,9H2/b6-4+. The van der Waals surface area contributed by atoms with Crippen LogP contribution < -0.4 is 0 Å². The molecule has 2 nitrogen and oxygen atoms in total. The van der Waals surface area contributed by atoms with Crippen molar-refractivity contribution < 1.29 is 5.11 Å². The zero-order chi connectivity index (χ0) is 11.9. The molecule has 0 bridgehead atoms. The molecule has 0 fully saturated rings. The molecule has 0 atom stereocenters. The van der Waals surface area contributed by atoms with Crippen molar-refractivity contribution in [3.05, 3.63) is 60.4 Å². The summed E-state index contributed by atoms with van der Waals surface area (Å²) in [4.78, 5) is 4.23. The summed E-state index contributed by atoms with van der Waals surface area (Å²) in [5.41, 5.74) is 3.33. The van der Waals surface area contributed by atoms with Crippen LogP contribution in [0.4, 0.5) is 0 Å². The van der Waals surface area contributed by atoms with Gasteiger partial charge in [-0.15, -0.1) is 0 Å². The van der Waals surface area contributed by atoms with Gasteiger partial charge in [0.2, 0.25) is 0 Å². The van der Waals surface area contributed by atoms with Gasteiger partial charge in [0.1, 0.15) is 0 Å². The van der Waals surface area contributed by atoms with E-state index in [0.717, 1.165) is 16.7 Å². The molecule has 0 aliphatic rings. The average molecular weight is 225 g/mol. The third kappa shape index (κ3) is 3.26. The second kappa shape index (κ2) is 5.97. The molecule has 1 N–H and O–H groups in total. The van der Waals surface area contributed by atoms with Crippen molar-refractivity contribution in [1.82, 2.24) is 4.98 Å². The number of aromatic nitrogens is 1. The molecule has 0 unspecified atom stereocenters. The van der Waals surface area contributed by atoms with Gasteiger partial charge in [-0.3, -0.25) is 4.98 Å². The van der Waals surface area contributed by atoms with Gasteiger partial charge in [0, 0.05) is 24.6 Å².